The fourth-order valence-electron chi connectivity index (χ4n) is 9.77. The summed E-state index contributed by atoms with van der Waals surface area (Å²) >= 11 is 0. The molecule has 0 aliphatic carbocycles. The predicted molar refractivity (Wildman–Crippen MR) is 365 cm³/mol. The second kappa shape index (κ2) is 68.6. The first-order chi connectivity index (χ1) is 43.1. The van der Waals surface area contributed by atoms with Gasteiger partial charge in [0.15, 0.2) is 6.10 Å². The zero-order valence-electron chi connectivity index (χ0n) is 57.5. The number of unbranched alkanes of at least 4 members (excludes halogenated alkanes) is 39. The van der Waals surface area contributed by atoms with E-state index in [1.54, 1.807) is 0 Å². The normalized spacial score (nSPS) is 14.2. The van der Waals surface area contributed by atoms with E-state index in [1.807, 2.05) is 0 Å². The number of phosphoric ester groups is 2. The van der Waals surface area contributed by atoms with Crippen molar-refractivity contribution in [2.75, 3.05) is 39.6 Å². The van der Waals surface area contributed by atoms with Gasteiger partial charge in [-0.3, -0.25) is 32.5 Å². The maximum Gasteiger partial charge on any atom is 0.472 e. The van der Waals surface area contributed by atoms with Gasteiger partial charge in [0.05, 0.1) is 26.4 Å². The molecule has 4 N–H and O–H groups in total. The molecule has 0 saturated heterocycles. The molecule has 0 aromatic rings. The predicted octanol–water partition coefficient (Wildman–Crippen LogP) is 20.5. The summed E-state index contributed by atoms with van der Waals surface area (Å²) in [5.41, 5.74) is 0. The standard InChI is InChI=1S/C60H114O16P2.C11H22/c1-4-7-10-13-16-19-22-25-27-29-32-34-37-40-43-46-58(63)70-49-55(61)50-72-77(66,67)73-51-56(62)52-74-78(68,69)75-54-57(76-60(65)48-45-42-39-36-31-24-21-18-15-12-9-6-3)53-71-59(64)47-44-41-38-35-33-30-28-26-23-20-17-14-11-8-5-2;1-3-5-7-9-11-10-8-6-4-2/h18,21,26,28,55-57,61-62H,4-17,19-20,22-25,27,29-54H2,1-3H3,(H,66,67)(H,68,69);3,5H,4,6-11H2,1-2H3/b21-18+,28-26+;5-3+/t55-,56+,57-;/m1./s1. The highest BCUT2D eigenvalue weighted by Crippen LogP contribution is 2.45. The summed E-state index contributed by atoms with van der Waals surface area (Å²) in [6.45, 7) is 7.00. The van der Waals surface area contributed by atoms with Gasteiger partial charge in [0, 0.05) is 19.3 Å². The highest BCUT2D eigenvalue weighted by molar-refractivity contribution is 7.47. The number of rotatable bonds is 67. The van der Waals surface area contributed by atoms with Crippen LogP contribution in [0.25, 0.3) is 0 Å². The molecule has 0 aliphatic heterocycles. The van der Waals surface area contributed by atoms with Crippen molar-refractivity contribution in [1.82, 2.24) is 0 Å². The smallest absolute Gasteiger partial charge is 0.463 e. The third-order valence-electron chi connectivity index (χ3n) is 15.4. The van der Waals surface area contributed by atoms with Crippen molar-refractivity contribution in [3.63, 3.8) is 0 Å². The van der Waals surface area contributed by atoms with Crippen molar-refractivity contribution < 1.29 is 75.8 Å². The second-order valence-corrected chi connectivity index (χ2v) is 27.2. The molecule has 0 aromatic carbocycles. The van der Waals surface area contributed by atoms with Crippen LogP contribution in [0.1, 0.15) is 343 Å². The van der Waals surface area contributed by atoms with Crippen LogP contribution in [0.3, 0.4) is 0 Å². The van der Waals surface area contributed by atoms with E-state index >= 15 is 0 Å². The number of allylic oxidation sites excluding steroid dienone is 6. The van der Waals surface area contributed by atoms with Crippen LogP contribution in [0, 0.1) is 0 Å². The SMILES string of the molecule is C/C=C/CCCCCCCC.CCCCC/C=C/CCCCCCCC(=O)O[C@H](COC(=O)CCCCCCC/C=C/CCCCCCCC)COP(=O)(O)OC[C@@H](O)COP(=O)(O)OC[C@H](O)COC(=O)CCCCCCCCCCCCCCCCC. The molecule has 0 spiro atoms. The number of carbonyl (C=O) groups is 3. The third kappa shape index (κ3) is 71.5. The van der Waals surface area contributed by atoms with Crippen molar-refractivity contribution in [2.24, 2.45) is 0 Å². The number of carbonyl (C=O) groups excluding carboxylic acids is 3. The van der Waals surface area contributed by atoms with Crippen LogP contribution >= 0.6 is 15.6 Å². The molecule has 0 heterocycles. The molecule has 18 heteroatoms. The van der Waals surface area contributed by atoms with Gasteiger partial charge in [0.25, 0.3) is 0 Å². The average Bonchev–Trinajstić information content (AvgIpc) is 3.73. The topological polar surface area (TPSA) is 231 Å². The van der Waals surface area contributed by atoms with E-state index in [1.165, 1.54) is 173 Å². The summed E-state index contributed by atoms with van der Waals surface area (Å²) in [5.74, 6) is -1.58. The number of phosphoric acid groups is 2. The van der Waals surface area contributed by atoms with E-state index in [0.29, 0.717) is 19.3 Å². The first kappa shape index (κ1) is 88.8. The van der Waals surface area contributed by atoms with Crippen LogP contribution in [0.4, 0.5) is 0 Å². The minimum Gasteiger partial charge on any atom is -0.463 e. The van der Waals surface area contributed by atoms with Crippen molar-refractivity contribution in [2.45, 2.75) is 361 Å². The Kier molecular flexibility index (Phi) is 68.5. The molecule has 16 nitrogen and oxygen atoms in total. The molecule has 0 aliphatic rings. The molecular formula is C71H136O16P2. The highest BCUT2D eigenvalue weighted by Gasteiger charge is 2.29. The summed E-state index contributed by atoms with van der Waals surface area (Å²) in [5, 5.41) is 20.4. The van der Waals surface area contributed by atoms with Crippen molar-refractivity contribution in [3.8, 4) is 0 Å². The monoisotopic (exact) mass is 1310 g/mol. The summed E-state index contributed by atoms with van der Waals surface area (Å²) < 4.78 is 60.6. The Morgan fingerprint density at radius 2 is 0.573 bits per heavy atom. The van der Waals surface area contributed by atoms with E-state index in [9.17, 15) is 43.5 Å². The van der Waals surface area contributed by atoms with Crippen LogP contribution in [-0.4, -0.2) is 95.9 Å². The Morgan fingerprint density at radius 3 is 0.910 bits per heavy atom. The molecule has 89 heavy (non-hydrogen) atoms. The number of ether oxygens (including phenoxy) is 3. The Hall–Kier alpha value is -2.23. The number of hydrogen-bond acceptors (Lipinski definition) is 14. The fraction of sp³-hybridized carbons (Fsp3) is 0.873. The molecular weight excluding hydrogens is 1170 g/mol. The lowest BCUT2D eigenvalue weighted by Crippen LogP contribution is -2.30. The van der Waals surface area contributed by atoms with Crippen LogP contribution in [-0.2, 0) is 55.8 Å². The molecule has 0 bridgehead atoms. The van der Waals surface area contributed by atoms with Gasteiger partial charge in [-0.05, 0) is 90.4 Å². The minimum atomic E-state index is -4.91. The maximum absolute atomic E-state index is 12.8. The minimum absolute atomic E-state index is 0.0978. The molecule has 2 unspecified atom stereocenters. The van der Waals surface area contributed by atoms with Gasteiger partial charge in [-0.25, -0.2) is 9.13 Å². The van der Waals surface area contributed by atoms with Gasteiger partial charge in [0.2, 0.25) is 0 Å². The lowest BCUT2D eigenvalue weighted by Gasteiger charge is -2.21. The summed E-state index contributed by atoms with van der Waals surface area (Å²) in [6, 6.07) is 0. The highest BCUT2D eigenvalue weighted by atomic mass is 31.2. The largest absolute Gasteiger partial charge is 0.472 e. The lowest BCUT2D eigenvalue weighted by molar-refractivity contribution is -0.161. The number of aliphatic hydroxyl groups is 2. The first-order valence-electron chi connectivity index (χ1n) is 36.2. The average molecular weight is 1310 g/mol. The molecule has 0 aromatic heterocycles. The zero-order chi connectivity index (χ0) is 65.8. The molecule has 0 fully saturated rings. The number of hydrogen-bond donors (Lipinski definition) is 4. The Morgan fingerprint density at radius 1 is 0.326 bits per heavy atom. The quantitative estimate of drug-likeness (QED) is 0.0146. The van der Waals surface area contributed by atoms with E-state index < -0.39 is 91.5 Å². The lowest BCUT2D eigenvalue weighted by atomic mass is 10.0. The van der Waals surface area contributed by atoms with Gasteiger partial charge in [-0.1, -0.05) is 270 Å². The first-order valence-corrected chi connectivity index (χ1v) is 39.2. The van der Waals surface area contributed by atoms with Gasteiger partial charge >= 0.3 is 33.6 Å². The fourth-order valence-corrected chi connectivity index (χ4v) is 11.4. The summed E-state index contributed by atoms with van der Waals surface area (Å²) in [6.07, 6.45) is 62.3. The molecule has 526 valence electrons. The summed E-state index contributed by atoms with van der Waals surface area (Å²) in [4.78, 5) is 58.1. The van der Waals surface area contributed by atoms with Crippen LogP contribution < -0.4 is 0 Å². The number of esters is 3. The van der Waals surface area contributed by atoms with Gasteiger partial charge in [-0.15, -0.1) is 0 Å². The van der Waals surface area contributed by atoms with Crippen LogP contribution in [0.5, 0.6) is 0 Å². The van der Waals surface area contributed by atoms with Gasteiger partial charge in [-0.2, -0.15) is 0 Å². The Balaban J connectivity index is 0. The number of aliphatic hydroxyl groups excluding tert-OH is 2. The molecule has 5 atom stereocenters. The van der Waals surface area contributed by atoms with Crippen LogP contribution in [0.2, 0.25) is 0 Å². The molecule has 0 saturated carbocycles. The van der Waals surface area contributed by atoms with Gasteiger partial charge in [0.1, 0.15) is 25.4 Å². The summed E-state index contributed by atoms with van der Waals surface area (Å²) in [7, 11) is -9.74. The van der Waals surface area contributed by atoms with Crippen molar-refractivity contribution in [1.29, 1.82) is 0 Å². The second-order valence-electron chi connectivity index (χ2n) is 24.3. The van der Waals surface area contributed by atoms with E-state index in [4.69, 9.17) is 32.3 Å². The van der Waals surface area contributed by atoms with Crippen molar-refractivity contribution >= 4 is 33.6 Å². The Bertz CT molecular complexity index is 1750. The van der Waals surface area contributed by atoms with Crippen LogP contribution in [0.15, 0.2) is 36.5 Å². The van der Waals surface area contributed by atoms with Gasteiger partial charge < -0.3 is 34.2 Å². The zero-order valence-corrected chi connectivity index (χ0v) is 59.3. The maximum atomic E-state index is 12.8. The Labute approximate surface area is 544 Å². The van der Waals surface area contributed by atoms with E-state index in [-0.39, 0.29) is 19.3 Å². The molecule has 0 rings (SSSR count). The molecule has 0 amide bonds. The van der Waals surface area contributed by atoms with Crippen molar-refractivity contribution in [3.05, 3.63) is 36.5 Å². The van der Waals surface area contributed by atoms with E-state index in [0.717, 1.165) is 96.3 Å². The van der Waals surface area contributed by atoms with E-state index in [2.05, 4.69) is 71.1 Å². The third-order valence-corrected chi connectivity index (χ3v) is 17.3. The molecule has 0 radical (unpaired) electrons.